The number of halogens is 3. The van der Waals surface area contributed by atoms with E-state index in [2.05, 4.69) is 20.3 Å². The summed E-state index contributed by atoms with van der Waals surface area (Å²) in [6.45, 7) is 0. The Labute approximate surface area is 85.7 Å². The molecule has 2 rings (SSSR count). The molecule has 5 heteroatoms. The van der Waals surface area contributed by atoms with Crippen LogP contribution in [0.1, 0.15) is 12.1 Å². The van der Waals surface area contributed by atoms with Gasteiger partial charge in [0.25, 0.3) is 6.43 Å². The number of alkyl halides is 2. The van der Waals surface area contributed by atoms with E-state index in [1.165, 1.54) is 0 Å². The molecule has 0 unspecified atom stereocenters. The van der Waals surface area contributed by atoms with Crippen LogP contribution >= 0.6 is 27.5 Å². The van der Waals surface area contributed by atoms with Crippen molar-refractivity contribution in [3.63, 3.8) is 0 Å². The number of hydrogen-bond donors (Lipinski definition) is 0. The quantitative estimate of drug-likeness (QED) is 0.758. The Bertz CT molecular complexity index is 441. The lowest BCUT2D eigenvalue weighted by atomic mass is 10.2. The highest BCUT2D eigenvalue weighted by Gasteiger charge is 2.17. The molecule has 0 aliphatic rings. The van der Waals surface area contributed by atoms with Gasteiger partial charge in [-0.1, -0.05) is 22.0 Å². The largest absolute Gasteiger partial charge is 0.282 e. The van der Waals surface area contributed by atoms with Crippen LogP contribution in [-0.4, -0.2) is 4.37 Å². The first-order valence-corrected chi connectivity index (χ1v) is 5.08. The Morgan fingerprint density at radius 2 is 2.15 bits per heavy atom. The van der Waals surface area contributed by atoms with Crippen molar-refractivity contribution < 1.29 is 8.78 Å². The summed E-state index contributed by atoms with van der Waals surface area (Å²) in [4.78, 5) is 0. The van der Waals surface area contributed by atoms with E-state index in [1.807, 2.05) is 0 Å². The van der Waals surface area contributed by atoms with E-state index >= 15 is 0 Å². The summed E-state index contributed by atoms with van der Waals surface area (Å²) in [6.07, 6.45) is -2.51. The van der Waals surface area contributed by atoms with Gasteiger partial charge in [-0.15, -0.1) is 0 Å². The average Bonchev–Trinajstić information content (AvgIpc) is 2.49. The molecule has 0 aliphatic carbocycles. The summed E-state index contributed by atoms with van der Waals surface area (Å²) in [7, 11) is 0. The topological polar surface area (TPSA) is 12.9 Å². The van der Waals surface area contributed by atoms with Crippen molar-refractivity contribution in [2.24, 2.45) is 0 Å². The number of benzene rings is 1. The first kappa shape index (κ1) is 9.02. The third kappa shape index (κ3) is 1.46. The molecule has 0 N–H and O–H groups in total. The predicted octanol–water partition coefficient (Wildman–Crippen LogP) is 4.00. The Balaban J connectivity index is 2.79. The van der Waals surface area contributed by atoms with E-state index in [-0.39, 0.29) is 5.69 Å². The molecular weight excluding hydrogens is 260 g/mol. The number of fused-ring (bicyclic) bond motifs is 1. The summed E-state index contributed by atoms with van der Waals surface area (Å²) in [5.41, 5.74) is -0.132. The van der Waals surface area contributed by atoms with Crippen molar-refractivity contribution in [1.82, 2.24) is 4.37 Å². The molecule has 0 aliphatic heterocycles. The maximum Gasteiger partial charge on any atom is 0.282 e. The van der Waals surface area contributed by atoms with Crippen LogP contribution in [-0.2, 0) is 0 Å². The molecule has 1 aromatic heterocycles. The monoisotopic (exact) mass is 263 g/mol. The molecule has 1 heterocycles. The summed E-state index contributed by atoms with van der Waals surface area (Å²) >= 11 is 4.32. The van der Waals surface area contributed by atoms with E-state index in [4.69, 9.17) is 0 Å². The van der Waals surface area contributed by atoms with Gasteiger partial charge in [-0.3, -0.25) is 0 Å². The minimum absolute atomic E-state index is 0.132. The lowest BCUT2D eigenvalue weighted by Crippen LogP contribution is -1.83. The molecule has 0 atom stereocenters. The summed E-state index contributed by atoms with van der Waals surface area (Å²) < 4.78 is 30.0. The zero-order chi connectivity index (χ0) is 9.42. The molecule has 0 fully saturated rings. The van der Waals surface area contributed by atoms with Crippen molar-refractivity contribution in [3.8, 4) is 0 Å². The molecule has 1 nitrogen and oxygen atoms in total. The van der Waals surface area contributed by atoms with E-state index < -0.39 is 6.43 Å². The Morgan fingerprint density at radius 1 is 1.38 bits per heavy atom. The highest BCUT2D eigenvalue weighted by Crippen LogP contribution is 2.34. The van der Waals surface area contributed by atoms with E-state index in [9.17, 15) is 8.78 Å². The normalized spacial score (nSPS) is 11.4. The summed E-state index contributed by atoms with van der Waals surface area (Å²) in [6, 6.07) is 5.33. The number of rotatable bonds is 1. The average molecular weight is 264 g/mol. The van der Waals surface area contributed by atoms with Crippen LogP contribution in [0.3, 0.4) is 0 Å². The molecule has 0 bridgehead atoms. The lowest BCUT2D eigenvalue weighted by molar-refractivity contribution is 0.149. The number of hydrogen-bond acceptors (Lipinski definition) is 2. The van der Waals surface area contributed by atoms with Gasteiger partial charge in [0, 0.05) is 9.86 Å². The van der Waals surface area contributed by atoms with Gasteiger partial charge in [0.05, 0.1) is 4.70 Å². The molecule has 13 heavy (non-hydrogen) atoms. The smallest absolute Gasteiger partial charge is 0.203 e. The maximum absolute atomic E-state index is 12.4. The lowest BCUT2D eigenvalue weighted by Gasteiger charge is -1.96. The summed E-state index contributed by atoms with van der Waals surface area (Å²) in [5.74, 6) is 0. The highest BCUT2D eigenvalue weighted by atomic mass is 79.9. The minimum Gasteiger partial charge on any atom is -0.203 e. The first-order valence-electron chi connectivity index (χ1n) is 3.52. The third-order valence-corrected chi connectivity index (χ3v) is 3.17. The van der Waals surface area contributed by atoms with Crippen molar-refractivity contribution in [2.75, 3.05) is 0 Å². The Morgan fingerprint density at radius 3 is 2.85 bits per heavy atom. The van der Waals surface area contributed by atoms with Gasteiger partial charge >= 0.3 is 0 Å². The third-order valence-electron chi connectivity index (χ3n) is 1.68. The van der Waals surface area contributed by atoms with Crippen LogP contribution in [0.15, 0.2) is 22.7 Å². The van der Waals surface area contributed by atoms with Crippen LogP contribution in [0, 0.1) is 0 Å². The van der Waals surface area contributed by atoms with E-state index in [0.29, 0.717) is 9.86 Å². The van der Waals surface area contributed by atoms with Gasteiger partial charge in [-0.25, -0.2) is 8.78 Å². The second kappa shape index (κ2) is 3.31. The van der Waals surface area contributed by atoms with Crippen molar-refractivity contribution >= 4 is 37.5 Å². The molecule has 68 valence electrons. The molecule has 0 saturated carbocycles. The molecule has 0 spiro atoms. The molecule has 2 aromatic rings. The fourth-order valence-corrected chi connectivity index (χ4v) is 2.64. The maximum atomic E-state index is 12.4. The first-order chi connectivity index (χ1) is 6.20. The van der Waals surface area contributed by atoms with Crippen LogP contribution in [0.25, 0.3) is 10.1 Å². The van der Waals surface area contributed by atoms with Crippen molar-refractivity contribution in [3.05, 3.63) is 28.4 Å². The van der Waals surface area contributed by atoms with Gasteiger partial charge in [-0.2, -0.15) is 4.37 Å². The Hall–Kier alpha value is -0.550. The van der Waals surface area contributed by atoms with Crippen molar-refractivity contribution in [2.45, 2.75) is 6.43 Å². The molecule has 1 aromatic carbocycles. The van der Waals surface area contributed by atoms with Gasteiger partial charge in [0.1, 0.15) is 5.69 Å². The van der Waals surface area contributed by atoms with Crippen LogP contribution in [0.2, 0.25) is 0 Å². The van der Waals surface area contributed by atoms with Gasteiger partial charge < -0.3 is 0 Å². The predicted molar refractivity (Wildman–Crippen MR) is 52.3 cm³/mol. The molecule has 0 amide bonds. The van der Waals surface area contributed by atoms with Gasteiger partial charge in [0.2, 0.25) is 0 Å². The summed E-state index contributed by atoms with van der Waals surface area (Å²) in [5, 5.41) is 0.530. The number of nitrogens with zero attached hydrogens (tertiary/aromatic N) is 1. The SMILES string of the molecule is FC(F)c1nsc2cccc(Br)c12. The fourth-order valence-electron chi connectivity index (χ4n) is 1.12. The standard InChI is InChI=1S/C8H4BrF2NS/c9-4-2-1-3-5-6(4)7(8(10)11)12-13-5/h1-3,8H. The second-order valence-corrected chi connectivity index (χ2v) is 4.14. The zero-order valence-electron chi connectivity index (χ0n) is 6.30. The molecule has 0 saturated heterocycles. The second-order valence-electron chi connectivity index (χ2n) is 2.48. The van der Waals surface area contributed by atoms with Gasteiger partial charge in [-0.05, 0) is 23.7 Å². The Kier molecular flexibility index (Phi) is 2.29. The fraction of sp³-hybridized carbons (Fsp3) is 0.125. The zero-order valence-corrected chi connectivity index (χ0v) is 8.70. The van der Waals surface area contributed by atoms with Gasteiger partial charge in [0.15, 0.2) is 0 Å². The van der Waals surface area contributed by atoms with Crippen LogP contribution in [0.5, 0.6) is 0 Å². The van der Waals surface area contributed by atoms with Crippen molar-refractivity contribution in [1.29, 1.82) is 0 Å². The van der Waals surface area contributed by atoms with Crippen LogP contribution < -0.4 is 0 Å². The van der Waals surface area contributed by atoms with Crippen LogP contribution in [0.4, 0.5) is 8.78 Å². The minimum atomic E-state index is -2.51. The van der Waals surface area contributed by atoms with E-state index in [0.717, 1.165) is 16.2 Å². The highest BCUT2D eigenvalue weighted by molar-refractivity contribution is 9.10. The molecular formula is C8H4BrF2NS. The number of aromatic nitrogens is 1. The van der Waals surface area contributed by atoms with E-state index in [1.54, 1.807) is 18.2 Å². The molecule has 0 radical (unpaired) electrons.